The van der Waals surface area contributed by atoms with Gasteiger partial charge in [-0.2, -0.15) is 0 Å². The summed E-state index contributed by atoms with van der Waals surface area (Å²) in [4.78, 5) is 1.04. The molecule has 0 amide bonds. The van der Waals surface area contributed by atoms with Crippen molar-refractivity contribution in [2.75, 3.05) is 0 Å². The van der Waals surface area contributed by atoms with Crippen LogP contribution in [0.15, 0.2) is 26.6 Å². The van der Waals surface area contributed by atoms with Crippen LogP contribution in [0.5, 0.6) is 0 Å². The van der Waals surface area contributed by atoms with Crippen LogP contribution in [-0.2, 0) is 5.88 Å². The van der Waals surface area contributed by atoms with Crippen LogP contribution in [0.1, 0.15) is 5.56 Å². The maximum Gasteiger partial charge on any atom is 0.181 e. The van der Waals surface area contributed by atoms with Crippen LogP contribution in [0, 0.1) is 0 Å². The minimum Gasteiger partial charge on any atom is -0.355 e. The van der Waals surface area contributed by atoms with E-state index in [-0.39, 0.29) is 0 Å². The zero-order chi connectivity index (χ0) is 9.26. The fraction of sp³-hybridized carbons (Fsp3) is 0.125. The third-order valence-electron chi connectivity index (χ3n) is 1.58. The Morgan fingerprint density at radius 3 is 3.08 bits per heavy atom. The molecule has 0 radical (unpaired) electrons. The van der Waals surface area contributed by atoms with Crippen molar-refractivity contribution in [1.29, 1.82) is 0 Å². The van der Waals surface area contributed by atoms with Crippen molar-refractivity contribution in [2.24, 2.45) is 0 Å². The second kappa shape index (κ2) is 3.82. The predicted molar refractivity (Wildman–Crippen MR) is 57.1 cm³/mol. The fourth-order valence-electron chi connectivity index (χ4n) is 0.990. The highest BCUT2D eigenvalue weighted by molar-refractivity contribution is 9.10. The van der Waals surface area contributed by atoms with E-state index in [1.807, 2.05) is 11.4 Å². The second-order valence-corrected chi connectivity index (χ2v) is 4.54. The largest absolute Gasteiger partial charge is 0.355 e. The first-order chi connectivity index (χ1) is 6.31. The molecule has 0 aliphatic rings. The summed E-state index contributed by atoms with van der Waals surface area (Å²) < 4.78 is 6.16. The lowest BCUT2D eigenvalue weighted by Gasteiger charge is -1.91. The summed E-state index contributed by atoms with van der Waals surface area (Å²) in [7, 11) is 0. The standard InChI is InChI=1S/C8H5BrClNOS/c9-6-1-7(13-4-6)8-5(2-10)3-11-12-8/h1,3-4H,2H2. The molecule has 13 heavy (non-hydrogen) atoms. The average Bonchev–Trinajstić information content (AvgIpc) is 2.71. The molecule has 0 spiro atoms. The van der Waals surface area contributed by atoms with Crippen molar-refractivity contribution >= 4 is 38.9 Å². The Bertz CT molecular complexity index is 412. The Balaban J connectivity index is 2.45. The van der Waals surface area contributed by atoms with Gasteiger partial charge in [0.15, 0.2) is 5.76 Å². The predicted octanol–water partition coefficient (Wildman–Crippen LogP) is 3.90. The van der Waals surface area contributed by atoms with Crippen LogP contribution in [-0.4, -0.2) is 5.16 Å². The summed E-state index contributed by atoms with van der Waals surface area (Å²) in [6.45, 7) is 0. The van der Waals surface area contributed by atoms with Crippen LogP contribution in [0.4, 0.5) is 0 Å². The molecule has 2 heterocycles. The Morgan fingerprint density at radius 1 is 1.62 bits per heavy atom. The average molecular weight is 279 g/mol. The maximum atomic E-state index is 5.72. The van der Waals surface area contributed by atoms with Gasteiger partial charge < -0.3 is 4.52 Å². The quantitative estimate of drug-likeness (QED) is 0.779. The van der Waals surface area contributed by atoms with Gasteiger partial charge in [-0.25, -0.2) is 0 Å². The van der Waals surface area contributed by atoms with Gasteiger partial charge >= 0.3 is 0 Å². The van der Waals surface area contributed by atoms with Crippen LogP contribution in [0.2, 0.25) is 0 Å². The molecule has 0 atom stereocenters. The van der Waals surface area contributed by atoms with E-state index >= 15 is 0 Å². The number of nitrogens with zero attached hydrogens (tertiary/aromatic N) is 1. The summed E-state index contributed by atoms with van der Waals surface area (Å²) in [5, 5.41) is 5.71. The molecular formula is C8H5BrClNOS. The number of thiophene rings is 1. The zero-order valence-corrected chi connectivity index (χ0v) is 9.62. The van der Waals surface area contributed by atoms with Crippen molar-refractivity contribution < 1.29 is 4.52 Å². The summed E-state index contributed by atoms with van der Waals surface area (Å²) in [6, 6.07) is 1.99. The molecule has 2 nitrogen and oxygen atoms in total. The minimum absolute atomic E-state index is 0.425. The molecule has 0 aromatic carbocycles. The topological polar surface area (TPSA) is 26.0 Å². The van der Waals surface area contributed by atoms with E-state index in [9.17, 15) is 0 Å². The van der Waals surface area contributed by atoms with E-state index in [0.29, 0.717) is 5.88 Å². The summed E-state index contributed by atoms with van der Waals surface area (Å²) in [5.74, 6) is 1.19. The normalized spacial score (nSPS) is 10.6. The van der Waals surface area contributed by atoms with Gasteiger partial charge in [-0.1, -0.05) is 5.16 Å². The van der Waals surface area contributed by atoms with Gasteiger partial charge in [-0.3, -0.25) is 0 Å². The second-order valence-electron chi connectivity index (χ2n) is 2.44. The van der Waals surface area contributed by atoms with E-state index in [1.165, 1.54) is 0 Å². The molecule has 0 fully saturated rings. The Kier molecular flexibility index (Phi) is 2.71. The molecule has 0 aliphatic carbocycles. The lowest BCUT2D eigenvalue weighted by Crippen LogP contribution is -1.74. The summed E-state index contributed by atoms with van der Waals surface area (Å²) >= 11 is 10.7. The number of hydrogen-bond donors (Lipinski definition) is 0. The van der Waals surface area contributed by atoms with Gasteiger partial charge in [0.1, 0.15) is 0 Å². The van der Waals surface area contributed by atoms with Crippen molar-refractivity contribution in [3.63, 3.8) is 0 Å². The SMILES string of the molecule is ClCc1cnoc1-c1cc(Br)cs1. The van der Waals surface area contributed by atoms with Crippen molar-refractivity contribution in [2.45, 2.75) is 5.88 Å². The van der Waals surface area contributed by atoms with Gasteiger partial charge in [-0.15, -0.1) is 22.9 Å². The first-order valence-corrected chi connectivity index (χ1v) is 5.76. The molecule has 0 aliphatic heterocycles. The molecule has 0 saturated heterocycles. The highest BCUT2D eigenvalue weighted by Gasteiger charge is 2.11. The molecular weight excluding hydrogens is 274 g/mol. The molecule has 2 aromatic rings. The Morgan fingerprint density at radius 2 is 2.46 bits per heavy atom. The van der Waals surface area contributed by atoms with E-state index < -0.39 is 0 Å². The van der Waals surface area contributed by atoms with Gasteiger partial charge in [0.05, 0.1) is 17.0 Å². The maximum absolute atomic E-state index is 5.72. The lowest BCUT2D eigenvalue weighted by atomic mass is 10.2. The van der Waals surface area contributed by atoms with Gasteiger partial charge in [-0.05, 0) is 22.0 Å². The zero-order valence-electron chi connectivity index (χ0n) is 6.46. The van der Waals surface area contributed by atoms with Crippen LogP contribution in [0.25, 0.3) is 10.6 Å². The molecule has 0 bridgehead atoms. The molecule has 2 rings (SSSR count). The minimum atomic E-state index is 0.425. The number of rotatable bonds is 2. The molecule has 0 saturated carbocycles. The highest BCUT2D eigenvalue weighted by Crippen LogP contribution is 2.32. The summed E-state index contributed by atoms with van der Waals surface area (Å²) in [5.41, 5.74) is 0.927. The first-order valence-electron chi connectivity index (χ1n) is 3.55. The van der Waals surface area contributed by atoms with Crippen LogP contribution < -0.4 is 0 Å². The number of alkyl halides is 1. The highest BCUT2D eigenvalue weighted by atomic mass is 79.9. The summed E-state index contributed by atoms with van der Waals surface area (Å²) in [6.07, 6.45) is 1.65. The molecule has 0 N–H and O–H groups in total. The van der Waals surface area contributed by atoms with E-state index in [2.05, 4.69) is 21.1 Å². The van der Waals surface area contributed by atoms with E-state index in [1.54, 1.807) is 17.5 Å². The molecule has 2 aromatic heterocycles. The van der Waals surface area contributed by atoms with Crippen LogP contribution in [0.3, 0.4) is 0 Å². The third kappa shape index (κ3) is 1.80. The first kappa shape index (κ1) is 9.24. The number of aromatic nitrogens is 1. The van der Waals surface area contributed by atoms with Crippen molar-refractivity contribution in [1.82, 2.24) is 5.16 Å². The Labute approximate surface area is 92.6 Å². The van der Waals surface area contributed by atoms with Gasteiger partial charge in [0, 0.05) is 15.4 Å². The number of halogens is 2. The molecule has 68 valence electrons. The van der Waals surface area contributed by atoms with Crippen molar-refractivity contribution in [3.05, 3.63) is 27.7 Å². The van der Waals surface area contributed by atoms with Gasteiger partial charge in [0.2, 0.25) is 0 Å². The lowest BCUT2D eigenvalue weighted by molar-refractivity contribution is 0.432. The van der Waals surface area contributed by atoms with Crippen molar-refractivity contribution in [3.8, 4) is 10.6 Å². The van der Waals surface area contributed by atoms with E-state index in [4.69, 9.17) is 16.1 Å². The van der Waals surface area contributed by atoms with E-state index in [0.717, 1.165) is 20.7 Å². The molecule has 0 unspecified atom stereocenters. The fourth-order valence-corrected chi connectivity index (χ4v) is 2.62. The smallest absolute Gasteiger partial charge is 0.181 e. The van der Waals surface area contributed by atoms with Gasteiger partial charge in [0.25, 0.3) is 0 Å². The molecule has 5 heteroatoms. The van der Waals surface area contributed by atoms with Crippen LogP contribution >= 0.6 is 38.9 Å². The Hall–Kier alpha value is -0.320. The third-order valence-corrected chi connectivity index (χ3v) is 3.56. The number of hydrogen-bond acceptors (Lipinski definition) is 3. The monoisotopic (exact) mass is 277 g/mol.